The third-order valence-corrected chi connectivity index (χ3v) is 2.15. The minimum atomic E-state index is 0.0318. The van der Waals surface area contributed by atoms with Crippen LogP contribution in [0.25, 0.3) is 0 Å². The van der Waals surface area contributed by atoms with Gasteiger partial charge in [0.15, 0.2) is 0 Å². The fourth-order valence-corrected chi connectivity index (χ4v) is 1.35. The Balaban J connectivity index is 2.50. The number of pyridine rings is 1. The molecule has 1 rings (SSSR count). The summed E-state index contributed by atoms with van der Waals surface area (Å²) in [5.41, 5.74) is 1.06. The Morgan fingerprint density at radius 1 is 1.57 bits per heavy atom. The topological polar surface area (TPSA) is 42.0 Å². The first kappa shape index (κ1) is 11.0. The van der Waals surface area contributed by atoms with E-state index in [1.807, 2.05) is 19.1 Å². The molecule has 76 valence electrons. The highest BCUT2D eigenvalue weighted by atomic mass is 32.1. The second kappa shape index (κ2) is 5.65. The van der Waals surface area contributed by atoms with Crippen molar-refractivity contribution in [1.82, 2.24) is 10.3 Å². The first-order valence-electron chi connectivity index (χ1n) is 4.54. The molecule has 1 atom stereocenters. The molecule has 0 spiro atoms. The average molecular weight is 210 g/mol. The molecular formula is C10H14N2OS. The van der Waals surface area contributed by atoms with E-state index in [9.17, 15) is 4.79 Å². The quantitative estimate of drug-likeness (QED) is 0.741. The van der Waals surface area contributed by atoms with Crippen LogP contribution in [-0.2, 0) is 4.79 Å². The molecule has 0 saturated carbocycles. The number of thiol groups is 1. The van der Waals surface area contributed by atoms with E-state index in [-0.39, 0.29) is 11.9 Å². The van der Waals surface area contributed by atoms with Crippen LogP contribution in [0.1, 0.15) is 24.9 Å². The Kier molecular flexibility index (Phi) is 4.46. The van der Waals surface area contributed by atoms with Gasteiger partial charge in [-0.25, -0.2) is 0 Å². The molecule has 1 N–H and O–H groups in total. The normalized spacial score (nSPS) is 12.1. The van der Waals surface area contributed by atoms with Crippen molar-refractivity contribution in [2.24, 2.45) is 0 Å². The summed E-state index contributed by atoms with van der Waals surface area (Å²) in [7, 11) is 0. The third-order valence-electron chi connectivity index (χ3n) is 1.92. The fraction of sp³-hybridized carbons (Fsp3) is 0.400. The van der Waals surface area contributed by atoms with Crippen molar-refractivity contribution in [3.63, 3.8) is 0 Å². The third kappa shape index (κ3) is 3.38. The molecule has 0 fully saturated rings. The number of amides is 1. The summed E-state index contributed by atoms with van der Waals surface area (Å²) in [6, 6.07) is 3.82. The zero-order chi connectivity index (χ0) is 10.4. The molecule has 0 aromatic carbocycles. The van der Waals surface area contributed by atoms with E-state index in [1.54, 1.807) is 12.4 Å². The van der Waals surface area contributed by atoms with Crippen LogP contribution in [0.15, 0.2) is 24.5 Å². The number of carbonyl (C=O) groups is 1. The van der Waals surface area contributed by atoms with Crippen LogP contribution >= 0.6 is 12.6 Å². The van der Waals surface area contributed by atoms with Gasteiger partial charge >= 0.3 is 0 Å². The molecule has 1 aromatic heterocycles. The van der Waals surface area contributed by atoms with Crippen LogP contribution < -0.4 is 5.32 Å². The second-order valence-corrected chi connectivity index (χ2v) is 3.49. The van der Waals surface area contributed by atoms with Crippen molar-refractivity contribution in [1.29, 1.82) is 0 Å². The molecular weight excluding hydrogens is 196 g/mol. The maximum absolute atomic E-state index is 11.3. The van der Waals surface area contributed by atoms with Crippen LogP contribution in [0.4, 0.5) is 0 Å². The Morgan fingerprint density at radius 2 is 2.21 bits per heavy atom. The molecule has 0 aliphatic carbocycles. The van der Waals surface area contributed by atoms with Crippen molar-refractivity contribution in [2.45, 2.75) is 19.4 Å². The highest BCUT2D eigenvalue weighted by molar-refractivity contribution is 7.80. The molecule has 4 heteroatoms. The van der Waals surface area contributed by atoms with Gasteiger partial charge in [-0.2, -0.15) is 12.6 Å². The van der Waals surface area contributed by atoms with Crippen molar-refractivity contribution >= 4 is 18.5 Å². The van der Waals surface area contributed by atoms with Crippen molar-refractivity contribution in [3.05, 3.63) is 30.1 Å². The molecule has 0 aliphatic rings. The molecule has 1 amide bonds. The molecule has 3 nitrogen and oxygen atoms in total. The summed E-state index contributed by atoms with van der Waals surface area (Å²) >= 11 is 4.00. The van der Waals surface area contributed by atoms with E-state index in [0.29, 0.717) is 12.2 Å². The van der Waals surface area contributed by atoms with Crippen molar-refractivity contribution < 1.29 is 4.79 Å². The fourth-order valence-electron chi connectivity index (χ4n) is 1.15. The van der Waals surface area contributed by atoms with Gasteiger partial charge in [0.1, 0.15) is 0 Å². The Bertz CT molecular complexity index is 289. The Morgan fingerprint density at radius 3 is 2.79 bits per heavy atom. The summed E-state index contributed by atoms with van der Waals surface area (Å²) in [6.07, 6.45) is 3.89. The summed E-state index contributed by atoms with van der Waals surface area (Å²) < 4.78 is 0. The van der Waals surface area contributed by atoms with Gasteiger partial charge in [-0.15, -0.1) is 0 Å². The van der Waals surface area contributed by atoms with Gasteiger partial charge in [-0.05, 0) is 30.4 Å². The molecule has 1 unspecified atom stereocenters. The van der Waals surface area contributed by atoms with Gasteiger partial charge in [-0.1, -0.05) is 0 Å². The number of nitrogens with zero attached hydrogens (tertiary/aromatic N) is 1. The van der Waals surface area contributed by atoms with Gasteiger partial charge in [0.05, 0.1) is 6.04 Å². The summed E-state index contributed by atoms with van der Waals surface area (Å²) in [5, 5.41) is 2.88. The number of nitrogens with one attached hydrogen (secondary N) is 1. The smallest absolute Gasteiger partial charge is 0.221 e. The summed E-state index contributed by atoms with van der Waals surface area (Å²) in [5.74, 6) is 0.610. The number of hydrogen-bond acceptors (Lipinski definition) is 3. The van der Waals surface area contributed by atoms with E-state index in [4.69, 9.17) is 0 Å². The maximum atomic E-state index is 11.3. The highest BCUT2D eigenvalue weighted by Crippen LogP contribution is 2.09. The lowest BCUT2D eigenvalue weighted by atomic mass is 10.1. The van der Waals surface area contributed by atoms with E-state index in [0.717, 1.165) is 5.56 Å². The number of carbonyl (C=O) groups excluding carboxylic acids is 1. The van der Waals surface area contributed by atoms with Gasteiger partial charge < -0.3 is 5.32 Å². The predicted molar refractivity (Wildman–Crippen MR) is 59.3 cm³/mol. The zero-order valence-corrected chi connectivity index (χ0v) is 9.00. The number of aromatic nitrogens is 1. The molecule has 14 heavy (non-hydrogen) atoms. The maximum Gasteiger partial charge on any atom is 0.221 e. The predicted octanol–water partition coefficient (Wildman–Crippen LogP) is 1.58. The van der Waals surface area contributed by atoms with Crippen LogP contribution in [0, 0.1) is 0 Å². The lowest BCUT2D eigenvalue weighted by molar-refractivity contribution is -0.121. The highest BCUT2D eigenvalue weighted by Gasteiger charge is 2.07. The van der Waals surface area contributed by atoms with E-state index < -0.39 is 0 Å². The van der Waals surface area contributed by atoms with Crippen LogP contribution in [0.2, 0.25) is 0 Å². The monoisotopic (exact) mass is 210 g/mol. The van der Waals surface area contributed by atoms with Crippen LogP contribution in [-0.4, -0.2) is 16.6 Å². The Labute approximate surface area is 89.3 Å². The van der Waals surface area contributed by atoms with Crippen molar-refractivity contribution in [2.75, 3.05) is 5.75 Å². The molecule has 0 radical (unpaired) electrons. The van der Waals surface area contributed by atoms with E-state index >= 15 is 0 Å². The first-order chi connectivity index (χ1) is 6.74. The van der Waals surface area contributed by atoms with Crippen LogP contribution in [0.5, 0.6) is 0 Å². The van der Waals surface area contributed by atoms with Gasteiger partial charge in [0, 0.05) is 18.8 Å². The van der Waals surface area contributed by atoms with Gasteiger partial charge in [-0.3, -0.25) is 9.78 Å². The lowest BCUT2D eigenvalue weighted by Gasteiger charge is -2.13. The van der Waals surface area contributed by atoms with Crippen LogP contribution in [0.3, 0.4) is 0 Å². The molecule has 0 saturated heterocycles. The average Bonchev–Trinajstić information content (AvgIpc) is 2.19. The second-order valence-electron chi connectivity index (χ2n) is 3.04. The number of rotatable bonds is 4. The number of hydrogen-bond donors (Lipinski definition) is 2. The first-order valence-corrected chi connectivity index (χ1v) is 5.17. The Hall–Kier alpha value is -1.03. The van der Waals surface area contributed by atoms with Gasteiger partial charge in [0.25, 0.3) is 0 Å². The largest absolute Gasteiger partial charge is 0.350 e. The zero-order valence-electron chi connectivity index (χ0n) is 8.10. The molecule has 0 aliphatic heterocycles. The minimum Gasteiger partial charge on any atom is -0.350 e. The van der Waals surface area contributed by atoms with E-state index in [2.05, 4.69) is 22.9 Å². The summed E-state index contributed by atoms with van der Waals surface area (Å²) in [6.45, 7) is 1.95. The minimum absolute atomic E-state index is 0.0318. The molecule has 0 bridgehead atoms. The molecule has 1 aromatic rings. The van der Waals surface area contributed by atoms with Gasteiger partial charge in [0.2, 0.25) is 5.91 Å². The summed E-state index contributed by atoms with van der Waals surface area (Å²) in [4.78, 5) is 15.2. The van der Waals surface area contributed by atoms with Crippen molar-refractivity contribution in [3.8, 4) is 0 Å². The lowest BCUT2D eigenvalue weighted by Crippen LogP contribution is -2.26. The molecule has 1 heterocycles. The van der Waals surface area contributed by atoms with E-state index in [1.165, 1.54) is 0 Å². The standard InChI is InChI=1S/C10H14N2OS/c1-8(12-10(13)4-7-14)9-2-5-11-6-3-9/h2-3,5-6,8,14H,4,7H2,1H3,(H,12,13). The SMILES string of the molecule is CC(NC(=O)CCS)c1ccncc1.